The van der Waals surface area contributed by atoms with E-state index < -0.39 is 11.8 Å². The number of anilines is 2. The van der Waals surface area contributed by atoms with E-state index in [9.17, 15) is 14.0 Å². The molecule has 3 aromatic rings. The SMILES string of the molecule is Cc1nc(-n2nc(C(C)(C)C)cc2NC(=O)Nc2ccc(F)cc2)[nH]c(=O)c1C. The first-order valence-electron chi connectivity index (χ1n) is 9.06. The Morgan fingerprint density at radius 1 is 1.14 bits per heavy atom. The molecule has 9 heteroatoms. The Hall–Kier alpha value is -3.49. The normalized spacial score (nSPS) is 11.4. The van der Waals surface area contributed by atoms with E-state index in [2.05, 4.69) is 25.7 Å². The van der Waals surface area contributed by atoms with E-state index in [0.717, 1.165) is 0 Å². The van der Waals surface area contributed by atoms with Crippen LogP contribution in [0.2, 0.25) is 0 Å². The molecule has 0 saturated carbocycles. The highest BCUT2D eigenvalue weighted by Gasteiger charge is 2.22. The zero-order valence-electron chi connectivity index (χ0n) is 16.9. The summed E-state index contributed by atoms with van der Waals surface area (Å²) in [4.78, 5) is 31.7. The number of rotatable bonds is 3. The maximum atomic E-state index is 13.0. The molecule has 0 atom stereocenters. The Bertz CT molecular complexity index is 1110. The molecule has 1 aromatic carbocycles. The largest absolute Gasteiger partial charge is 0.324 e. The molecule has 0 bridgehead atoms. The van der Waals surface area contributed by atoms with Crippen LogP contribution >= 0.6 is 0 Å². The number of nitrogens with one attached hydrogen (secondary N) is 3. The van der Waals surface area contributed by atoms with Crippen LogP contribution in [0.15, 0.2) is 35.1 Å². The molecule has 0 unspecified atom stereocenters. The van der Waals surface area contributed by atoms with Gasteiger partial charge in [-0.15, -0.1) is 0 Å². The highest BCUT2D eigenvalue weighted by atomic mass is 19.1. The molecule has 8 nitrogen and oxygen atoms in total. The van der Waals surface area contributed by atoms with Crippen LogP contribution in [0.4, 0.5) is 20.7 Å². The lowest BCUT2D eigenvalue weighted by Gasteiger charge is -2.14. The van der Waals surface area contributed by atoms with Gasteiger partial charge in [0.1, 0.15) is 11.6 Å². The Balaban J connectivity index is 1.97. The molecule has 0 radical (unpaired) electrons. The zero-order valence-corrected chi connectivity index (χ0v) is 16.9. The molecule has 3 N–H and O–H groups in total. The van der Waals surface area contributed by atoms with Gasteiger partial charge in [0.2, 0.25) is 5.95 Å². The Labute approximate surface area is 167 Å². The van der Waals surface area contributed by atoms with Gasteiger partial charge in [0.05, 0.1) is 5.69 Å². The second-order valence-corrected chi connectivity index (χ2v) is 7.76. The minimum atomic E-state index is -0.538. The standard InChI is InChI=1S/C20H23FN6O2/c1-11-12(2)22-18(25-17(11)28)27-16(10-15(26-27)20(3,4)5)24-19(29)23-14-8-6-13(21)7-9-14/h6-10H,1-5H3,(H,22,25,28)(H2,23,24,29). The van der Waals surface area contributed by atoms with Gasteiger partial charge in [0.15, 0.2) is 0 Å². The third kappa shape index (κ3) is 4.50. The summed E-state index contributed by atoms with van der Waals surface area (Å²) in [6.07, 6.45) is 0. The number of aromatic nitrogens is 4. The number of hydrogen-bond acceptors (Lipinski definition) is 4. The van der Waals surface area contributed by atoms with Crippen molar-refractivity contribution in [3.05, 3.63) is 63.5 Å². The molecular weight excluding hydrogens is 375 g/mol. The molecule has 0 aliphatic rings. The van der Waals surface area contributed by atoms with Crippen LogP contribution in [-0.4, -0.2) is 25.8 Å². The Kier molecular flexibility index (Phi) is 5.23. The number of aromatic amines is 1. The van der Waals surface area contributed by atoms with Crippen molar-refractivity contribution < 1.29 is 9.18 Å². The van der Waals surface area contributed by atoms with Crippen LogP contribution in [0.1, 0.15) is 37.7 Å². The van der Waals surface area contributed by atoms with Crippen molar-refractivity contribution in [3.63, 3.8) is 0 Å². The molecule has 152 valence electrons. The van der Waals surface area contributed by atoms with Crippen molar-refractivity contribution in [1.82, 2.24) is 19.7 Å². The Morgan fingerprint density at radius 3 is 2.38 bits per heavy atom. The van der Waals surface area contributed by atoms with Crippen molar-refractivity contribution in [2.24, 2.45) is 0 Å². The van der Waals surface area contributed by atoms with E-state index in [0.29, 0.717) is 28.5 Å². The first-order chi connectivity index (χ1) is 13.5. The highest BCUT2D eigenvalue weighted by Crippen LogP contribution is 2.25. The lowest BCUT2D eigenvalue weighted by molar-refractivity contribution is 0.262. The molecule has 29 heavy (non-hydrogen) atoms. The third-order valence-corrected chi connectivity index (χ3v) is 4.40. The highest BCUT2D eigenvalue weighted by molar-refractivity contribution is 5.99. The predicted molar refractivity (Wildman–Crippen MR) is 109 cm³/mol. The number of hydrogen-bond donors (Lipinski definition) is 3. The van der Waals surface area contributed by atoms with Gasteiger partial charge in [0, 0.05) is 28.4 Å². The smallest absolute Gasteiger partial charge is 0.308 e. The molecule has 0 fully saturated rings. The van der Waals surface area contributed by atoms with Crippen LogP contribution in [0.25, 0.3) is 5.95 Å². The lowest BCUT2D eigenvalue weighted by Crippen LogP contribution is -2.23. The number of benzene rings is 1. The van der Waals surface area contributed by atoms with Gasteiger partial charge in [-0.05, 0) is 38.1 Å². The molecule has 0 saturated heterocycles. The van der Waals surface area contributed by atoms with Crippen LogP contribution in [0, 0.1) is 19.7 Å². The molecule has 2 aromatic heterocycles. The number of aryl methyl sites for hydroxylation is 1. The number of carbonyl (C=O) groups is 1. The van der Waals surface area contributed by atoms with E-state index in [1.165, 1.54) is 28.9 Å². The van der Waals surface area contributed by atoms with Crippen LogP contribution in [-0.2, 0) is 5.41 Å². The molecule has 2 amide bonds. The maximum absolute atomic E-state index is 13.0. The minimum absolute atomic E-state index is 0.200. The number of carbonyl (C=O) groups excluding carboxylic acids is 1. The van der Waals surface area contributed by atoms with E-state index in [1.54, 1.807) is 19.9 Å². The molecule has 0 aliphatic carbocycles. The van der Waals surface area contributed by atoms with Crippen LogP contribution < -0.4 is 16.2 Å². The molecule has 0 aliphatic heterocycles. The summed E-state index contributed by atoms with van der Waals surface area (Å²) in [5.74, 6) is 0.139. The van der Waals surface area contributed by atoms with Gasteiger partial charge >= 0.3 is 6.03 Å². The summed E-state index contributed by atoms with van der Waals surface area (Å²) in [5, 5.41) is 9.87. The number of halogens is 1. The fourth-order valence-corrected chi connectivity index (χ4v) is 2.54. The number of nitrogens with zero attached hydrogens (tertiary/aromatic N) is 3. The van der Waals surface area contributed by atoms with Gasteiger partial charge < -0.3 is 5.32 Å². The van der Waals surface area contributed by atoms with E-state index in [4.69, 9.17) is 0 Å². The lowest BCUT2D eigenvalue weighted by atomic mass is 9.92. The second kappa shape index (κ2) is 7.50. The van der Waals surface area contributed by atoms with Crippen LogP contribution in [0.3, 0.4) is 0 Å². The number of amides is 2. The summed E-state index contributed by atoms with van der Waals surface area (Å²) < 4.78 is 14.4. The quantitative estimate of drug-likeness (QED) is 0.626. The predicted octanol–water partition coefficient (Wildman–Crippen LogP) is 3.65. The summed E-state index contributed by atoms with van der Waals surface area (Å²) in [7, 11) is 0. The summed E-state index contributed by atoms with van der Waals surface area (Å²) in [6, 6.07) is 6.59. The van der Waals surface area contributed by atoms with Gasteiger partial charge in [0.25, 0.3) is 5.56 Å². The number of H-pyrrole nitrogens is 1. The van der Waals surface area contributed by atoms with Crippen molar-refractivity contribution in [3.8, 4) is 5.95 Å². The molecular formula is C20H23FN6O2. The third-order valence-electron chi connectivity index (χ3n) is 4.40. The molecule has 2 heterocycles. The topological polar surface area (TPSA) is 105 Å². The van der Waals surface area contributed by atoms with E-state index >= 15 is 0 Å². The van der Waals surface area contributed by atoms with Gasteiger partial charge in [-0.2, -0.15) is 9.78 Å². The van der Waals surface area contributed by atoms with Crippen molar-refractivity contribution >= 4 is 17.5 Å². The van der Waals surface area contributed by atoms with Crippen molar-refractivity contribution in [2.75, 3.05) is 10.6 Å². The second-order valence-electron chi connectivity index (χ2n) is 7.76. The van der Waals surface area contributed by atoms with E-state index in [1.807, 2.05) is 20.8 Å². The van der Waals surface area contributed by atoms with Crippen molar-refractivity contribution in [1.29, 1.82) is 0 Å². The maximum Gasteiger partial charge on any atom is 0.324 e. The van der Waals surface area contributed by atoms with Crippen LogP contribution in [0.5, 0.6) is 0 Å². The number of urea groups is 1. The fraction of sp³-hybridized carbons (Fsp3) is 0.300. The Morgan fingerprint density at radius 2 is 1.79 bits per heavy atom. The average molecular weight is 398 g/mol. The minimum Gasteiger partial charge on any atom is -0.308 e. The summed E-state index contributed by atoms with van der Waals surface area (Å²) in [6.45, 7) is 9.37. The first kappa shape index (κ1) is 20.2. The fourth-order valence-electron chi connectivity index (χ4n) is 2.54. The van der Waals surface area contributed by atoms with Gasteiger partial charge in [-0.3, -0.25) is 15.1 Å². The first-order valence-corrected chi connectivity index (χ1v) is 9.06. The monoisotopic (exact) mass is 398 g/mol. The van der Waals surface area contributed by atoms with Gasteiger partial charge in [-0.1, -0.05) is 20.8 Å². The molecule has 3 rings (SSSR count). The summed E-state index contributed by atoms with van der Waals surface area (Å²) in [5.41, 5.74) is 1.65. The van der Waals surface area contributed by atoms with Gasteiger partial charge in [-0.25, -0.2) is 14.2 Å². The average Bonchev–Trinajstić information content (AvgIpc) is 3.05. The zero-order chi connectivity index (χ0) is 21.3. The summed E-state index contributed by atoms with van der Waals surface area (Å²) >= 11 is 0. The van der Waals surface area contributed by atoms with E-state index in [-0.39, 0.29) is 16.9 Å². The van der Waals surface area contributed by atoms with Crippen molar-refractivity contribution in [2.45, 2.75) is 40.0 Å². The molecule has 0 spiro atoms.